The molecular formula is C27H27N5O3S. The van der Waals surface area contributed by atoms with Gasteiger partial charge in [-0.1, -0.05) is 49.9 Å². The third-order valence-electron chi connectivity index (χ3n) is 5.79. The zero-order valence-corrected chi connectivity index (χ0v) is 21.2. The number of nitro groups is 1. The summed E-state index contributed by atoms with van der Waals surface area (Å²) in [4.78, 5) is 23.1. The van der Waals surface area contributed by atoms with Gasteiger partial charge in [-0.3, -0.25) is 14.9 Å². The van der Waals surface area contributed by atoms with E-state index in [0.29, 0.717) is 29.6 Å². The number of thioether (sulfide) groups is 1. The lowest BCUT2D eigenvalue weighted by atomic mass is 10.0. The first-order chi connectivity index (χ1) is 17.4. The lowest BCUT2D eigenvalue weighted by Gasteiger charge is -2.09. The average Bonchev–Trinajstić information content (AvgIpc) is 3.31. The van der Waals surface area contributed by atoms with Crippen molar-refractivity contribution in [3.63, 3.8) is 0 Å². The summed E-state index contributed by atoms with van der Waals surface area (Å²) in [7, 11) is 0. The van der Waals surface area contributed by atoms with Crippen LogP contribution in [-0.4, -0.2) is 25.6 Å². The zero-order chi connectivity index (χ0) is 25.7. The summed E-state index contributed by atoms with van der Waals surface area (Å²) < 4.78 is 1.98. The Hall–Kier alpha value is -3.98. The van der Waals surface area contributed by atoms with Gasteiger partial charge < -0.3 is 9.88 Å². The zero-order valence-electron chi connectivity index (χ0n) is 20.3. The van der Waals surface area contributed by atoms with Crippen molar-refractivity contribution in [1.29, 1.82) is 0 Å². The van der Waals surface area contributed by atoms with E-state index >= 15 is 0 Å². The number of anilines is 1. The Balaban J connectivity index is 1.39. The van der Waals surface area contributed by atoms with E-state index in [1.807, 2.05) is 60.0 Å². The molecule has 0 saturated heterocycles. The number of amides is 1. The molecule has 184 valence electrons. The quantitative estimate of drug-likeness (QED) is 0.159. The number of nitro benzene ring substituents is 1. The summed E-state index contributed by atoms with van der Waals surface area (Å²) in [5.41, 5.74) is 4.46. The highest BCUT2D eigenvalue weighted by Gasteiger charge is 2.15. The number of nitrogens with zero attached hydrogens (tertiary/aromatic N) is 4. The van der Waals surface area contributed by atoms with Gasteiger partial charge >= 0.3 is 0 Å². The minimum Gasteiger partial charge on any atom is -0.322 e. The third kappa shape index (κ3) is 5.80. The smallest absolute Gasteiger partial charge is 0.269 e. The molecule has 0 aliphatic heterocycles. The lowest BCUT2D eigenvalue weighted by molar-refractivity contribution is -0.384. The first-order valence-corrected chi connectivity index (χ1v) is 12.7. The van der Waals surface area contributed by atoms with E-state index in [0.717, 1.165) is 22.0 Å². The van der Waals surface area contributed by atoms with Crippen molar-refractivity contribution in [2.24, 2.45) is 0 Å². The third-order valence-corrected chi connectivity index (χ3v) is 6.83. The van der Waals surface area contributed by atoms with Crippen molar-refractivity contribution in [2.45, 2.75) is 44.1 Å². The molecule has 8 nitrogen and oxygen atoms in total. The summed E-state index contributed by atoms with van der Waals surface area (Å²) >= 11 is 1.55. The van der Waals surface area contributed by atoms with Gasteiger partial charge in [0.25, 0.3) is 11.6 Å². The lowest BCUT2D eigenvalue weighted by Crippen LogP contribution is -2.11. The molecule has 4 aromatic rings. The second-order valence-corrected chi connectivity index (χ2v) is 9.51. The monoisotopic (exact) mass is 501 g/mol. The Labute approximate surface area is 213 Å². The highest BCUT2D eigenvalue weighted by Crippen LogP contribution is 2.27. The van der Waals surface area contributed by atoms with Gasteiger partial charge in [-0.25, -0.2) is 0 Å². The summed E-state index contributed by atoms with van der Waals surface area (Å²) in [6.07, 6.45) is 0. The van der Waals surface area contributed by atoms with Crippen molar-refractivity contribution >= 4 is 29.0 Å². The number of nitrogens with one attached hydrogen (secondary N) is 1. The molecule has 0 unspecified atom stereocenters. The topological polar surface area (TPSA) is 103 Å². The van der Waals surface area contributed by atoms with Crippen LogP contribution in [0, 0.1) is 10.1 Å². The molecule has 1 amide bonds. The highest BCUT2D eigenvalue weighted by atomic mass is 32.2. The molecule has 0 spiro atoms. The number of non-ortho nitro benzene ring substituents is 1. The van der Waals surface area contributed by atoms with Gasteiger partial charge in [0.2, 0.25) is 0 Å². The van der Waals surface area contributed by atoms with Crippen LogP contribution in [0.2, 0.25) is 0 Å². The van der Waals surface area contributed by atoms with Crippen molar-refractivity contribution in [2.75, 3.05) is 5.32 Å². The normalized spacial score (nSPS) is 11.0. The molecule has 9 heteroatoms. The van der Waals surface area contributed by atoms with Crippen LogP contribution in [0.3, 0.4) is 0 Å². The number of carbonyl (C=O) groups excluding carboxylic acids is 1. The van der Waals surface area contributed by atoms with Gasteiger partial charge in [-0.05, 0) is 60.4 Å². The van der Waals surface area contributed by atoms with E-state index in [1.165, 1.54) is 17.7 Å². The predicted molar refractivity (Wildman–Crippen MR) is 142 cm³/mol. The molecule has 0 aliphatic carbocycles. The molecule has 36 heavy (non-hydrogen) atoms. The molecule has 0 saturated carbocycles. The fourth-order valence-electron chi connectivity index (χ4n) is 3.68. The Kier molecular flexibility index (Phi) is 7.80. The van der Waals surface area contributed by atoms with Crippen molar-refractivity contribution in [1.82, 2.24) is 14.8 Å². The molecular weight excluding hydrogens is 474 g/mol. The van der Waals surface area contributed by atoms with E-state index in [4.69, 9.17) is 0 Å². The minimum absolute atomic E-state index is 0.0390. The Morgan fingerprint density at radius 1 is 1.00 bits per heavy atom. The van der Waals surface area contributed by atoms with Crippen LogP contribution in [0.15, 0.2) is 78.0 Å². The number of rotatable bonds is 9. The van der Waals surface area contributed by atoms with E-state index in [9.17, 15) is 14.9 Å². The van der Waals surface area contributed by atoms with Crippen molar-refractivity contribution < 1.29 is 9.72 Å². The molecule has 0 radical (unpaired) electrons. The van der Waals surface area contributed by atoms with Gasteiger partial charge in [0, 0.05) is 41.2 Å². The van der Waals surface area contributed by atoms with Crippen molar-refractivity contribution in [3.8, 4) is 11.4 Å². The highest BCUT2D eigenvalue weighted by molar-refractivity contribution is 7.98. The maximum Gasteiger partial charge on any atom is 0.269 e. The van der Waals surface area contributed by atoms with Crippen LogP contribution in [-0.2, 0) is 12.3 Å². The van der Waals surface area contributed by atoms with Gasteiger partial charge in [0.05, 0.1) is 4.92 Å². The number of hydrogen-bond acceptors (Lipinski definition) is 6. The van der Waals surface area contributed by atoms with E-state index in [1.54, 1.807) is 23.9 Å². The number of hydrogen-bond donors (Lipinski definition) is 1. The molecule has 1 N–H and O–H groups in total. The summed E-state index contributed by atoms with van der Waals surface area (Å²) in [5.74, 6) is 1.63. The fourth-order valence-corrected chi connectivity index (χ4v) is 4.64. The van der Waals surface area contributed by atoms with Crippen LogP contribution >= 0.6 is 11.8 Å². The maximum absolute atomic E-state index is 12.6. The first-order valence-electron chi connectivity index (χ1n) is 11.7. The minimum atomic E-state index is -0.422. The molecule has 4 rings (SSSR count). The Morgan fingerprint density at radius 3 is 2.25 bits per heavy atom. The molecule has 0 bridgehead atoms. The van der Waals surface area contributed by atoms with Crippen LogP contribution in [0.25, 0.3) is 11.4 Å². The number of benzene rings is 3. The molecule has 0 aliphatic rings. The van der Waals surface area contributed by atoms with Crippen LogP contribution in [0.1, 0.15) is 48.2 Å². The van der Waals surface area contributed by atoms with Crippen LogP contribution in [0.4, 0.5) is 11.4 Å². The fraction of sp³-hybridized carbons (Fsp3) is 0.222. The second-order valence-electron chi connectivity index (χ2n) is 8.57. The van der Waals surface area contributed by atoms with Gasteiger partial charge in [0.15, 0.2) is 11.0 Å². The standard InChI is InChI=1S/C27H27N5O3S/c1-4-31-25(21-11-15-24(16-12-21)32(34)35)29-30-27(31)36-17-19-5-7-22(8-6-19)26(33)28-23-13-9-20(10-14-23)18(2)3/h5-16,18H,4,17H2,1-3H3,(H,28,33). The SMILES string of the molecule is CCn1c(SCc2ccc(C(=O)Nc3ccc(C(C)C)cc3)cc2)nnc1-c1ccc([N+](=O)[O-])cc1. The van der Waals surface area contributed by atoms with Crippen LogP contribution in [0.5, 0.6) is 0 Å². The number of aromatic nitrogens is 3. The first kappa shape index (κ1) is 25.1. The molecule has 0 atom stereocenters. The molecule has 1 aromatic heterocycles. The largest absolute Gasteiger partial charge is 0.322 e. The predicted octanol–water partition coefficient (Wildman–Crippen LogP) is 6.54. The van der Waals surface area contributed by atoms with E-state index in [2.05, 4.69) is 29.4 Å². The van der Waals surface area contributed by atoms with E-state index < -0.39 is 4.92 Å². The van der Waals surface area contributed by atoms with E-state index in [-0.39, 0.29) is 11.6 Å². The maximum atomic E-state index is 12.6. The summed E-state index contributed by atoms with van der Waals surface area (Å²) in [6.45, 7) is 6.94. The molecule has 3 aromatic carbocycles. The summed E-state index contributed by atoms with van der Waals surface area (Å²) in [5, 5.41) is 23.2. The van der Waals surface area contributed by atoms with Crippen molar-refractivity contribution in [3.05, 3.63) is 99.6 Å². The average molecular weight is 502 g/mol. The second kappa shape index (κ2) is 11.2. The Morgan fingerprint density at radius 2 is 1.67 bits per heavy atom. The summed E-state index contributed by atoms with van der Waals surface area (Å²) in [6, 6.07) is 21.7. The van der Waals surface area contributed by atoms with Gasteiger partial charge in [-0.15, -0.1) is 10.2 Å². The van der Waals surface area contributed by atoms with Gasteiger partial charge in [-0.2, -0.15) is 0 Å². The van der Waals surface area contributed by atoms with Gasteiger partial charge in [0.1, 0.15) is 0 Å². The number of carbonyl (C=O) groups is 1. The molecule has 0 fully saturated rings. The molecule has 1 heterocycles. The van der Waals surface area contributed by atoms with Crippen LogP contribution < -0.4 is 5.32 Å². The Bertz CT molecular complexity index is 1350.